The van der Waals surface area contributed by atoms with Crippen molar-refractivity contribution in [3.8, 4) is 23.0 Å². The summed E-state index contributed by atoms with van der Waals surface area (Å²) in [6.07, 6.45) is 1.23. The zero-order valence-electron chi connectivity index (χ0n) is 38.1. The summed E-state index contributed by atoms with van der Waals surface area (Å²) in [7, 11) is 0. The van der Waals surface area contributed by atoms with Crippen LogP contribution in [0.2, 0.25) is 0 Å². The number of hydrogen-bond acceptors (Lipinski definition) is 20. The second kappa shape index (κ2) is 22.9. The average molecular weight is 961 g/mol. The molecule has 4 aromatic carbocycles. The number of hydrogen-bond donors (Lipinski definition) is 4. The molecule has 4 aromatic rings. The Morgan fingerprint density at radius 1 is 0.382 bits per heavy atom. The van der Waals surface area contributed by atoms with Gasteiger partial charge in [0.2, 0.25) is 0 Å². The Kier molecular flexibility index (Phi) is 19.3. The van der Waals surface area contributed by atoms with Gasteiger partial charge in [0, 0.05) is 46.5 Å². The normalized spacial score (nSPS) is 11.7. The molecule has 0 fully saturated rings. The molecular formula is C40H48N8O20. The molecule has 4 N–H and O–H groups in total. The van der Waals surface area contributed by atoms with Crippen molar-refractivity contribution in [3.63, 3.8) is 0 Å². The molecule has 2 atom stereocenters. The van der Waals surface area contributed by atoms with Gasteiger partial charge >= 0.3 is 22.7 Å². The fourth-order valence-corrected chi connectivity index (χ4v) is 5.77. The SMILES string of the molecule is CC(C)(C)c1cc([N+](=O)[O-])cc([N+](=O)[O-])c1O.CC(C)(C)c1cc([N+](=O)[O-])cc([N+](=O)[O-])c1O.CCC(C)c1cc([N+](=O)[O-])cc([N+](=O)[O-])c1O.CCC(C)c1cc([N+](=O)[O-])cc([N+](=O)[O-])c1O. The van der Waals surface area contributed by atoms with Crippen molar-refractivity contribution in [3.05, 3.63) is 152 Å². The third-order valence-corrected chi connectivity index (χ3v) is 9.89. The minimum Gasteiger partial charge on any atom is -0.502 e. The van der Waals surface area contributed by atoms with Gasteiger partial charge in [-0.2, -0.15) is 0 Å². The lowest BCUT2D eigenvalue weighted by Crippen LogP contribution is -2.12. The summed E-state index contributed by atoms with van der Waals surface area (Å²) in [5.41, 5.74) is -4.56. The van der Waals surface area contributed by atoms with Crippen molar-refractivity contribution in [1.29, 1.82) is 0 Å². The molecule has 0 amide bonds. The molecule has 0 saturated carbocycles. The zero-order chi connectivity index (χ0) is 53.1. The van der Waals surface area contributed by atoms with E-state index < -0.39 is 107 Å². The van der Waals surface area contributed by atoms with Gasteiger partial charge in [0.1, 0.15) is 0 Å². The highest BCUT2D eigenvalue weighted by Gasteiger charge is 2.32. The van der Waals surface area contributed by atoms with E-state index in [0.717, 1.165) is 36.4 Å². The topological polar surface area (TPSA) is 426 Å². The minimum absolute atomic E-state index is 0.179. The largest absolute Gasteiger partial charge is 0.502 e. The van der Waals surface area contributed by atoms with Crippen molar-refractivity contribution in [2.45, 2.75) is 105 Å². The van der Waals surface area contributed by atoms with Crippen LogP contribution in [0.3, 0.4) is 0 Å². The standard InChI is InChI=1S/4C10H12N2O5/c2*1-10(2,3)7-4-6(11(14)15)5-8(9(7)13)12(16)17;2*1-3-6(2)8-4-7(11(14)15)5-9(10(8)13)12(16)17/h2*4-5,13H,1-3H3;2*4-6,13H,3H2,1-2H3. The number of nitro benzene ring substituents is 8. The van der Waals surface area contributed by atoms with Gasteiger partial charge in [0.25, 0.3) is 22.7 Å². The predicted molar refractivity (Wildman–Crippen MR) is 240 cm³/mol. The number of nitrogens with zero attached hydrogens (tertiary/aromatic N) is 8. The van der Waals surface area contributed by atoms with Crippen LogP contribution in [0, 0.1) is 80.9 Å². The first kappa shape index (κ1) is 57.3. The first-order valence-corrected chi connectivity index (χ1v) is 19.7. The smallest absolute Gasteiger partial charge is 0.317 e. The molecule has 0 radical (unpaired) electrons. The van der Waals surface area contributed by atoms with Gasteiger partial charge in [0.15, 0.2) is 23.0 Å². The Hall–Kier alpha value is -8.72. The molecule has 0 saturated heterocycles. The van der Waals surface area contributed by atoms with E-state index >= 15 is 0 Å². The number of rotatable bonds is 12. The number of aromatic hydroxyl groups is 4. The van der Waals surface area contributed by atoms with Gasteiger partial charge in [-0.1, -0.05) is 69.2 Å². The lowest BCUT2D eigenvalue weighted by Gasteiger charge is -2.19. The Balaban J connectivity index is 0.000000453. The van der Waals surface area contributed by atoms with Gasteiger partial charge < -0.3 is 20.4 Å². The highest BCUT2D eigenvalue weighted by Crippen LogP contribution is 2.43. The highest BCUT2D eigenvalue weighted by molar-refractivity contribution is 5.62. The van der Waals surface area contributed by atoms with Crippen molar-refractivity contribution in [1.82, 2.24) is 0 Å². The fourth-order valence-electron chi connectivity index (χ4n) is 5.77. The minimum atomic E-state index is -0.836. The Labute approximate surface area is 384 Å². The molecule has 28 heteroatoms. The summed E-state index contributed by atoms with van der Waals surface area (Å²) in [5, 5.41) is 124. The summed E-state index contributed by atoms with van der Waals surface area (Å²) >= 11 is 0. The third-order valence-electron chi connectivity index (χ3n) is 9.89. The maximum absolute atomic E-state index is 10.7. The van der Waals surface area contributed by atoms with Crippen molar-refractivity contribution in [2.75, 3.05) is 0 Å². The fraction of sp³-hybridized carbons (Fsp3) is 0.400. The number of benzene rings is 4. The molecular weight excluding hydrogens is 912 g/mol. The second-order valence-electron chi connectivity index (χ2n) is 16.7. The number of phenols is 4. The Morgan fingerprint density at radius 2 is 0.588 bits per heavy atom. The molecule has 0 bridgehead atoms. The van der Waals surface area contributed by atoms with Gasteiger partial charge in [-0.15, -0.1) is 0 Å². The van der Waals surface area contributed by atoms with Crippen molar-refractivity contribution < 1.29 is 59.8 Å². The van der Waals surface area contributed by atoms with E-state index in [4.69, 9.17) is 0 Å². The molecule has 0 heterocycles. The highest BCUT2D eigenvalue weighted by atomic mass is 16.7. The van der Waals surface area contributed by atoms with E-state index in [0.29, 0.717) is 12.8 Å². The van der Waals surface area contributed by atoms with Crippen LogP contribution in [0.25, 0.3) is 0 Å². The van der Waals surface area contributed by atoms with Gasteiger partial charge in [-0.05, 0) is 35.5 Å². The Bertz CT molecular complexity index is 2460. The maximum Gasteiger partial charge on any atom is 0.317 e. The van der Waals surface area contributed by atoms with Crippen LogP contribution in [-0.2, 0) is 10.8 Å². The van der Waals surface area contributed by atoms with Crippen LogP contribution in [-0.4, -0.2) is 59.8 Å². The molecule has 0 aliphatic heterocycles. The van der Waals surface area contributed by atoms with Crippen LogP contribution in [0.4, 0.5) is 45.5 Å². The van der Waals surface area contributed by atoms with E-state index in [1.165, 1.54) is 12.1 Å². The average Bonchev–Trinajstić information content (AvgIpc) is 3.22. The molecule has 28 nitrogen and oxygen atoms in total. The summed E-state index contributed by atoms with van der Waals surface area (Å²) in [6.45, 7) is 17.4. The first-order chi connectivity index (χ1) is 31.0. The molecule has 4 rings (SSSR count). The zero-order valence-corrected chi connectivity index (χ0v) is 38.1. The van der Waals surface area contributed by atoms with Crippen LogP contribution in [0.1, 0.15) is 116 Å². The molecule has 0 aliphatic carbocycles. The predicted octanol–water partition coefficient (Wildman–Crippen LogP) is 10.5. The van der Waals surface area contributed by atoms with Gasteiger partial charge in [-0.25, -0.2) is 0 Å². The van der Waals surface area contributed by atoms with E-state index in [1.807, 2.05) is 13.8 Å². The molecule has 0 aromatic heterocycles. The van der Waals surface area contributed by atoms with E-state index in [-0.39, 0.29) is 45.5 Å². The summed E-state index contributed by atoms with van der Waals surface area (Å²) < 4.78 is 0. The maximum atomic E-state index is 10.7. The van der Waals surface area contributed by atoms with Gasteiger partial charge in [0.05, 0.1) is 63.7 Å². The molecule has 0 spiro atoms. The molecule has 368 valence electrons. The molecule has 2 unspecified atom stereocenters. The summed E-state index contributed by atoms with van der Waals surface area (Å²) in [4.78, 5) is 79.2. The van der Waals surface area contributed by atoms with Crippen LogP contribution in [0.15, 0.2) is 48.5 Å². The molecule has 0 aliphatic rings. The third kappa shape index (κ3) is 14.7. The quantitative estimate of drug-likeness (QED) is 0.0757. The number of nitro groups is 8. The summed E-state index contributed by atoms with van der Waals surface area (Å²) in [5.74, 6) is -2.40. The van der Waals surface area contributed by atoms with Crippen molar-refractivity contribution in [2.24, 2.45) is 0 Å². The monoisotopic (exact) mass is 960 g/mol. The van der Waals surface area contributed by atoms with Crippen LogP contribution >= 0.6 is 0 Å². The van der Waals surface area contributed by atoms with Crippen molar-refractivity contribution >= 4 is 45.5 Å². The van der Waals surface area contributed by atoms with E-state index in [2.05, 4.69) is 0 Å². The Morgan fingerprint density at radius 3 is 0.765 bits per heavy atom. The van der Waals surface area contributed by atoms with Crippen LogP contribution < -0.4 is 0 Å². The molecule has 68 heavy (non-hydrogen) atoms. The second-order valence-corrected chi connectivity index (χ2v) is 16.7. The number of phenolic OH excluding ortho intramolecular Hbond substituents is 4. The van der Waals surface area contributed by atoms with Gasteiger partial charge in [-0.3, -0.25) is 80.9 Å². The first-order valence-electron chi connectivity index (χ1n) is 19.7. The van der Waals surface area contributed by atoms with Crippen LogP contribution in [0.5, 0.6) is 23.0 Å². The van der Waals surface area contributed by atoms with E-state index in [1.54, 1.807) is 55.4 Å². The lowest BCUT2D eigenvalue weighted by molar-refractivity contribution is -0.395. The lowest BCUT2D eigenvalue weighted by atomic mass is 9.85. The number of non-ortho nitro benzene ring substituents is 4. The van der Waals surface area contributed by atoms with E-state index in [9.17, 15) is 101 Å². The summed E-state index contributed by atoms with van der Waals surface area (Å²) in [6, 6.07) is 7.70.